The monoisotopic (exact) mass is 417 g/mol. The third kappa shape index (κ3) is 6.75. The summed E-state index contributed by atoms with van der Waals surface area (Å²) in [5.41, 5.74) is 1.45. The van der Waals surface area contributed by atoms with Gasteiger partial charge in [0.25, 0.3) is 5.91 Å². The summed E-state index contributed by atoms with van der Waals surface area (Å²) in [6, 6.07) is 23.3. The summed E-state index contributed by atoms with van der Waals surface area (Å²) >= 11 is 0. The lowest BCUT2D eigenvalue weighted by Gasteiger charge is -2.10. The minimum atomic E-state index is -0.450. The van der Waals surface area contributed by atoms with E-state index in [1.807, 2.05) is 42.5 Å². The molecule has 1 N–H and O–H groups in total. The number of nitrogens with one attached hydrogen (secondary N) is 1. The molecule has 0 unspecified atom stereocenters. The van der Waals surface area contributed by atoms with Crippen LogP contribution in [0.1, 0.15) is 17.3 Å². The highest BCUT2D eigenvalue weighted by molar-refractivity contribution is 6.04. The maximum absolute atomic E-state index is 12.5. The van der Waals surface area contributed by atoms with Crippen LogP contribution < -0.4 is 14.8 Å². The lowest BCUT2D eigenvalue weighted by Crippen LogP contribution is -2.13. The van der Waals surface area contributed by atoms with E-state index in [9.17, 15) is 9.59 Å². The first-order valence-electron chi connectivity index (χ1n) is 9.71. The van der Waals surface area contributed by atoms with Crippen molar-refractivity contribution in [3.63, 3.8) is 0 Å². The molecular formula is C25H23NO5. The van der Waals surface area contributed by atoms with Gasteiger partial charge in [-0.1, -0.05) is 30.8 Å². The first-order valence-corrected chi connectivity index (χ1v) is 9.71. The van der Waals surface area contributed by atoms with Gasteiger partial charge in [0, 0.05) is 22.9 Å². The molecule has 0 aliphatic heterocycles. The van der Waals surface area contributed by atoms with Gasteiger partial charge in [-0.25, -0.2) is 4.79 Å². The number of amides is 1. The van der Waals surface area contributed by atoms with E-state index in [0.29, 0.717) is 28.3 Å². The van der Waals surface area contributed by atoms with Gasteiger partial charge >= 0.3 is 5.97 Å². The van der Waals surface area contributed by atoms with Crippen molar-refractivity contribution in [1.29, 1.82) is 0 Å². The zero-order valence-electron chi connectivity index (χ0n) is 17.2. The predicted octanol–water partition coefficient (Wildman–Crippen LogP) is 5.23. The maximum atomic E-state index is 12.5. The largest absolute Gasteiger partial charge is 0.490 e. The smallest absolute Gasteiger partial charge is 0.333 e. The van der Waals surface area contributed by atoms with Gasteiger partial charge in [-0.05, 0) is 55.5 Å². The van der Waals surface area contributed by atoms with Crippen LogP contribution in [-0.4, -0.2) is 25.1 Å². The highest BCUT2D eigenvalue weighted by atomic mass is 16.6. The quantitative estimate of drug-likeness (QED) is 0.293. The zero-order valence-corrected chi connectivity index (χ0v) is 17.2. The summed E-state index contributed by atoms with van der Waals surface area (Å²) in [5.74, 6) is 1.21. The average molecular weight is 417 g/mol. The number of benzene rings is 3. The molecule has 0 spiro atoms. The third-order valence-electron chi connectivity index (χ3n) is 4.12. The lowest BCUT2D eigenvalue weighted by atomic mass is 10.2. The normalized spacial score (nSPS) is 10.1. The van der Waals surface area contributed by atoms with Crippen molar-refractivity contribution in [2.24, 2.45) is 0 Å². The van der Waals surface area contributed by atoms with Crippen LogP contribution in [0, 0.1) is 0 Å². The predicted molar refractivity (Wildman–Crippen MR) is 119 cm³/mol. The Morgan fingerprint density at radius 1 is 0.839 bits per heavy atom. The molecule has 31 heavy (non-hydrogen) atoms. The Balaban J connectivity index is 1.52. The van der Waals surface area contributed by atoms with E-state index in [0.717, 1.165) is 5.75 Å². The zero-order chi connectivity index (χ0) is 22.1. The molecule has 0 fully saturated rings. The molecule has 3 aromatic carbocycles. The number of esters is 1. The number of hydrogen-bond acceptors (Lipinski definition) is 5. The summed E-state index contributed by atoms with van der Waals surface area (Å²) in [7, 11) is 0. The number of hydrogen-bond donors (Lipinski definition) is 1. The molecule has 0 aliphatic carbocycles. The number of carbonyl (C=O) groups excluding carboxylic acids is 2. The molecule has 0 aromatic heterocycles. The number of para-hydroxylation sites is 1. The fraction of sp³-hybridized carbons (Fsp3) is 0.120. The van der Waals surface area contributed by atoms with Gasteiger partial charge in [0.2, 0.25) is 0 Å². The molecule has 1 amide bonds. The summed E-state index contributed by atoms with van der Waals surface area (Å²) in [4.78, 5) is 23.8. The molecule has 0 atom stereocenters. The van der Waals surface area contributed by atoms with Gasteiger partial charge in [0.05, 0.1) is 0 Å². The van der Waals surface area contributed by atoms with Crippen molar-refractivity contribution in [3.05, 3.63) is 96.6 Å². The van der Waals surface area contributed by atoms with Crippen LogP contribution in [-0.2, 0) is 9.53 Å². The van der Waals surface area contributed by atoms with Crippen LogP contribution in [0.2, 0.25) is 0 Å². The van der Waals surface area contributed by atoms with Gasteiger partial charge in [0.1, 0.15) is 30.5 Å². The van der Waals surface area contributed by atoms with E-state index in [2.05, 4.69) is 11.9 Å². The molecular weight excluding hydrogens is 394 g/mol. The van der Waals surface area contributed by atoms with Crippen LogP contribution >= 0.6 is 0 Å². The summed E-state index contributed by atoms with van der Waals surface area (Å²) in [6.45, 7) is 5.42. The van der Waals surface area contributed by atoms with Crippen LogP contribution in [0.15, 0.2) is 91.0 Å². The summed E-state index contributed by atoms with van der Waals surface area (Å²) in [5, 5.41) is 2.85. The number of rotatable bonds is 9. The fourth-order valence-electron chi connectivity index (χ4n) is 2.58. The second-order valence-corrected chi connectivity index (χ2v) is 6.69. The van der Waals surface area contributed by atoms with Gasteiger partial charge in [-0.2, -0.15) is 0 Å². The second-order valence-electron chi connectivity index (χ2n) is 6.69. The van der Waals surface area contributed by atoms with Crippen molar-refractivity contribution < 1.29 is 23.8 Å². The fourth-order valence-corrected chi connectivity index (χ4v) is 2.58. The molecule has 0 radical (unpaired) electrons. The van der Waals surface area contributed by atoms with E-state index in [1.54, 1.807) is 43.3 Å². The van der Waals surface area contributed by atoms with Crippen LogP contribution in [0.3, 0.4) is 0 Å². The van der Waals surface area contributed by atoms with Gasteiger partial charge in [0.15, 0.2) is 0 Å². The van der Waals surface area contributed by atoms with E-state index in [-0.39, 0.29) is 19.1 Å². The topological polar surface area (TPSA) is 73.9 Å². The molecule has 0 heterocycles. The summed E-state index contributed by atoms with van der Waals surface area (Å²) in [6.07, 6.45) is 0. The molecule has 0 saturated carbocycles. The van der Waals surface area contributed by atoms with E-state index in [1.165, 1.54) is 0 Å². The molecule has 3 aromatic rings. The van der Waals surface area contributed by atoms with Crippen LogP contribution in [0.5, 0.6) is 17.2 Å². The molecule has 6 nitrogen and oxygen atoms in total. The molecule has 0 bridgehead atoms. The van der Waals surface area contributed by atoms with Crippen LogP contribution in [0.25, 0.3) is 0 Å². The maximum Gasteiger partial charge on any atom is 0.333 e. The van der Waals surface area contributed by atoms with Crippen LogP contribution in [0.4, 0.5) is 5.69 Å². The van der Waals surface area contributed by atoms with Gasteiger partial charge < -0.3 is 19.5 Å². The first-order chi connectivity index (χ1) is 15.0. The molecule has 3 rings (SSSR count). The van der Waals surface area contributed by atoms with E-state index < -0.39 is 5.97 Å². The first kappa shape index (κ1) is 21.6. The Bertz CT molecular complexity index is 1050. The molecule has 0 saturated heterocycles. The minimum absolute atomic E-state index is 0.120. The van der Waals surface area contributed by atoms with Crippen molar-refractivity contribution in [2.45, 2.75) is 6.92 Å². The third-order valence-corrected chi connectivity index (χ3v) is 4.12. The molecule has 158 valence electrons. The molecule has 6 heteroatoms. The van der Waals surface area contributed by atoms with Gasteiger partial charge in [-0.3, -0.25) is 4.79 Å². The standard InChI is InChI=1S/C25H23NO5/c1-18(2)25(28)30-16-15-29-21-13-11-19(12-14-21)24(27)26-20-7-6-10-23(17-20)31-22-8-4-3-5-9-22/h3-14,17H,1,15-16H2,2H3,(H,26,27). The number of anilines is 1. The summed E-state index contributed by atoms with van der Waals surface area (Å²) < 4.78 is 16.3. The van der Waals surface area contributed by atoms with Crippen molar-refractivity contribution in [2.75, 3.05) is 18.5 Å². The van der Waals surface area contributed by atoms with Crippen molar-refractivity contribution in [3.8, 4) is 17.2 Å². The van der Waals surface area contributed by atoms with Crippen molar-refractivity contribution in [1.82, 2.24) is 0 Å². The Hall–Kier alpha value is -4.06. The Morgan fingerprint density at radius 3 is 2.26 bits per heavy atom. The number of ether oxygens (including phenoxy) is 3. The number of carbonyl (C=O) groups is 2. The second kappa shape index (κ2) is 10.6. The Kier molecular flexibility index (Phi) is 7.43. The van der Waals surface area contributed by atoms with Gasteiger partial charge in [-0.15, -0.1) is 0 Å². The lowest BCUT2D eigenvalue weighted by molar-refractivity contribution is -0.139. The van der Waals surface area contributed by atoms with E-state index >= 15 is 0 Å². The average Bonchev–Trinajstić information content (AvgIpc) is 2.78. The Morgan fingerprint density at radius 2 is 1.55 bits per heavy atom. The minimum Gasteiger partial charge on any atom is -0.490 e. The SMILES string of the molecule is C=C(C)C(=O)OCCOc1ccc(C(=O)Nc2cccc(Oc3ccccc3)c2)cc1. The van der Waals surface area contributed by atoms with Crippen molar-refractivity contribution >= 4 is 17.6 Å². The van der Waals surface area contributed by atoms with E-state index in [4.69, 9.17) is 14.2 Å². The molecule has 0 aliphatic rings. The highest BCUT2D eigenvalue weighted by Gasteiger charge is 2.08. The highest BCUT2D eigenvalue weighted by Crippen LogP contribution is 2.24. The Labute approximate surface area is 181 Å².